The molecule has 124 valence electrons. The van der Waals surface area contributed by atoms with E-state index < -0.39 is 21.8 Å². The molecule has 0 spiro atoms. The van der Waals surface area contributed by atoms with Crippen LogP contribution in [0.2, 0.25) is 5.02 Å². The summed E-state index contributed by atoms with van der Waals surface area (Å²) in [6.45, 7) is 2.32. The van der Waals surface area contributed by atoms with Crippen molar-refractivity contribution in [2.45, 2.75) is 13.1 Å². The van der Waals surface area contributed by atoms with E-state index in [-0.39, 0.29) is 42.6 Å². The van der Waals surface area contributed by atoms with Crippen LogP contribution in [0.15, 0.2) is 18.2 Å². The molecule has 1 saturated heterocycles. The van der Waals surface area contributed by atoms with E-state index in [2.05, 4.69) is 0 Å². The summed E-state index contributed by atoms with van der Waals surface area (Å²) in [7, 11) is -3.31. The Balaban J connectivity index is 2.22. The molecular formula is C13H16ClF3N2O2S. The second-order valence-corrected chi connectivity index (χ2v) is 7.64. The maximum Gasteiger partial charge on any atom is 0.418 e. The molecule has 1 fully saturated rings. The molecule has 0 aromatic heterocycles. The second kappa shape index (κ2) is 6.25. The molecule has 22 heavy (non-hydrogen) atoms. The summed E-state index contributed by atoms with van der Waals surface area (Å²) in [5.74, 6) is -0.0122. The Labute approximate surface area is 132 Å². The van der Waals surface area contributed by atoms with Crippen molar-refractivity contribution in [1.29, 1.82) is 0 Å². The fourth-order valence-corrected chi connectivity index (χ4v) is 3.66. The Kier molecular flexibility index (Phi) is 4.93. The smallest absolute Gasteiger partial charge is 0.368 e. The van der Waals surface area contributed by atoms with Crippen LogP contribution < -0.4 is 4.90 Å². The third kappa shape index (κ3) is 3.67. The number of piperazine rings is 1. The summed E-state index contributed by atoms with van der Waals surface area (Å²) in [6.07, 6.45) is -4.51. The molecule has 0 amide bonds. The van der Waals surface area contributed by atoms with Crippen molar-refractivity contribution in [2.75, 3.05) is 36.8 Å². The van der Waals surface area contributed by atoms with Crippen molar-refractivity contribution in [2.24, 2.45) is 0 Å². The van der Waals surface area contributed by atoms with Crippen molar-refractivity contribution >= 4 is 27.3 Å². The molecule has 0 radical (unpaired) electrons. The van der Waals surface area contributed by atoms with Gasteiger partial charge in [-0.1, -0.05) is 11.6 Å². The Hall–Kier alpha value is -0.990. The molecule has 0 saturated carbocycles. The van der Waals surface area contributed by atoms with Gasteiger partial charge in [-0.25, -0.2) is 8.42 Å². The molecule has 0 N–H and O–H groups in total. The summed E-state index contributed by atoms with van der Waals surface area (Å²) >= 11 is 5.66. The zero-order chi connectivity index (χ0) is 16.5. The average Bonchev–Trinajstić information content (AvgIpc) is 2.46. The first-order valence-corrected chi connectivity index (χ1v) is 8.73. The normalized spacial score (nSPS) is 17.8. The average molecular weight is 357 g/mol. The van der Waals surface area contributed by atoms with E-state index in [9.17, 15) is 21.6 Å². The Morgan fingerprint density at radius 3 is 2.27 bits per heavy atom. The van der Waals surface area contributed by atoms with Gasteiger partial charge in [-0.3, -0.25) is 0 Å². The number of rotatable bonds is 3. The third-order valence-electron chi connectivity index (χ3n) is 3.60. The summed E-state index contributed by atoms with van der Waals surface area (Å²) < 4.78 is 64.2. The molecule has 1 aliphatic rings. The number of alkyl halides is 3. The van der Waals surface area contributed by atoms with Gasteiger partial charge in [0.1, 0.15) is 0 Å². The number of hydrogen-bond donors (Lipinski definition) is 0. The van der Waals surface area contributed by atoms with Crippen molar-refractivity contribution in [3.8, 4) is 0 Å². The molecule has 1 aromatic carbocycles. The monoisotopic (exact) mass is 356 g/mol. The zero-order valence-electron chi connectivity index (χ0n) is 11.9. The van der Waals surface area contributed by atoms with Crippen LogP contribution in [0.25, 0.3) is 0 Å². The number of halogens is 4. The number of hydrogen-bond acceptors (Lipinski definition) is 3. The lowest BCUT2D eigenvalue weighted by Crippen LogP contribution is -2.49. The fourth-order valence-electron chi connectivity index (χ4n) is 2.40. The van der Waals surface area contributed by atoms with Crippen LogP contribution in [0.1, 0.15) is 12.5 Å². The summed E-state index contributed by atoms with van der Waals surface area (Å²) in [6, 6.07) is 3.63. The lowest BCUT2D eigenvalue weighted by molar-refractivity contribution is -0.137. The third-order valence-corrected chi connectivity index (χ3v) is 5.72. The van der Waals surface area contributed by atoms with Crippen LogP contribution in [0.4, 0.5) is 18.9 Å². The topological polar surface area (TPSA) is 40.6 Å². The molecule has 4 nitrogen and oxygen atoms in total. The van der Waals surface area contributed by atoms with Gasteiger partial charge in [0.05, 0.1) is 11.3 Å². The van der Waals surface area contributed by atoms with E-state index in [0.717, 1.165) is 6.07 Å². The van der Waals surface area contributed by atoms with E-state index >= 15 is 0 Å². The SMILES string of the molecule is CCS(=O)(=O)N1CCN(c2ccc(Cl)cc2C(F)(F)F)CC1. The molecule has 0 bridgehead atoms. The maximum absolute atomic E-state index is 13.1. The van der Waals surface area contributed by atoms with Gasteiger partial charge in [0.25, 0.3) is 0 Å². The minimum absolute atomic E-state index is 0.0122. The summed E-state index contributed by atoms with van der Waals surface area (Å²) in [5, 5.41) is 0.0169. The van der Waals surface area contributed by atoms with Gasteiger partial charge < -0.3 is 4.90 Å². The first kappa shape index (κ1) is 17.4. The van der Waals surface area contributed by atoms with Crippen molar-refractivity contribution in [3.63, 3.8) is 0 Å². The lowest BCUT2D eigenvalue weighted by Gasteiger charge is -2.36. The Morgan fingerprint density at radius 1 is 1.18 bits per heavy atom. The molecule has 0 unspecified atom stereocenters. The van der Waals surface area contributed by atoms with E-state index in [1.807, 2.05) is 0 Å². The van der Waals surface area contributed by atoms with Gasteiger partial charge in [-0.15, -0.1) is 0 Å². The molecular weight excluding hydrogens is 341 g/mol. The summed E-state index contributed by atoms with van der Waals surface area (Å²) in [4.78, 5) is 1.54. The van der Waals surface area contributed by atoms with Crippen LogP contribution in [-0.2, 0) is 16.2 Å². The Morgan fingerprint density at radius 2 is 1.77 bits per heavy atom. The number of anilines is 1. The standard InChI is InChI=1S/C13H16ClF3N2O2S/c1-2-22(20,21)19-7-5-18(6-8-19)12-4-3-10(14)9-11(12)13(15,16)17/h3-4,9H,2,5-8H2,1H3. The van der Waals surface area contributed by atoms with E-state index in [4.69, 9.17) is 11.6 Å². The van der Waals surface area contributed by atoms with Crippen molar-refractivity contribution in [3.05, 3.63) is 28.8 Å². The first-order valence-electron chi connectivity index (χ1n) is 6.74. The van der Waals surface area contributed by atoms with Gasteiger partial charge in [-0.2, -0.15) is 17.5 Å². The molecule has 9 heteroatoms. The van der Waals surface area contributed by atoms with E-state index in [0.29, 0.717) is 0 Å². The van der Waals surface area contributed by atoms with Crippen LogP contribution in [-0.4, -0.2) is 44.7 Å². The highest BCUT2D eigenvalue weighted by atomic mass is 35.5. The quantitative estimate of drug-likeness (QED) is 0.836. The zero-order valence-corrected chi connectivity index (χ0v) is 13.5. The number of benzene rings is 1. The molecule has 0 aliphatic carbocycles. The van der Waals surface area contributed by atoms with Gasteiger partial charge in [0, 0.05) is 36.9 Å². The van der Waals surface area contributed by atoms with Crippen LogP contribution in [0, 0.1) is 0 Å². The van der Waals surface area contributed by atoms with Crippen molar-refractivity contribution < 1.29 is 21.6 Å². The molecule has 1 aromatic rings. The van der Waals surface area contributed by atoms with Crippen LogP contribution in [0.3, 0.4) is 0 Å². The first-order chi connectivity index (χ1) is 10.1. The highest BCUT2D eigenvalue weighted by molar-refractivity contribution is 7.89. The highest BCUT2D eigenvalue weighted by Gasteiger charge is 2.36. The second-order valence-electron chi connectivity index (χ2n) is 4.95. The minimum atomic E-state index is -4.51. The van der Waals surface area contributed by atoms with E-state index in [1.165, 1.54) is 16.4 Å². The van der Waals surface area contributed by atoms with Gasteiger partial charge in [0.15, 0.2) is 0 Å². The molecule has 1 heterocycles. The predicted molar refractivity (Wildman–Crippen MR) is 79.7 cm³/mol. The largest absolute Gasteiger partial charge is 0.418 e. The van der Waals surface area contributed by atoms with Crippen LogP contribution >= 0.6 is 11.6 Å². The predicted octanol–water partition coefficient (Wildman–Crippen LogP) is 2.83. The van der Waals surface area contributed by atoms with Gasteiger partial charge in [0.2, 0.25) is 10.0 Å². The highest BCUT2D eigenvalue weighted by Crippen LogP contribution is 2.38. The summed E-state index contributed by atoms with van der Waals surface area (Å²) in [5.41, 5.74) is -0.766. The minimum Gasteiger partial charge on any atom is -0.368 e. The van der Waals surface area contributed by atoms with Gasteiger partial charge in [-0.05, 0) is 25.1 Å². The fraction of sp³-hybridized carbons (Fsp3) is 0.538. The molecule has 2 rings (SSSR count). The van der Waals surface area contributed by atoms with Gasteiger partial charge >= 0.3 is 6.18 Å². The Bertz CT molecular complexity index is 641. The molecule has 1 aliphatic heterocycles. The van der Waals surface area contributed by atoms with Crippen LogP contribution in [0.5, 0.6) is 0 Å². The van der Waals surface area contributed by atoms with E-state index in [1.54, 1.807) is 11.8 Å². The lowest BCUT2D eigenvalue weighted by atomic mass is 10.1. The maximum atomic E-state index is 13.1. The van der Waals surface area contributed by atoms with Crippen molar-refractivity contribution in [1.82, 2.24) is 4.31 Å². The molecule has 0 atom stereocenters. The number of nitrogens with zero attached hydrogens (tertiary/aromatic N) is 2. The number of sulfonamides is 1.